The van der Waals surface area contributed by atoms with Crippen molar-refractivity contribution in [3.63, 3.8) is 0 Å². The first-order chi connectivity index (χ1) is 17.6. The third-order valence-electron chi connectivity index (χ3n) is 6.81. The number of rotatable bonds is 5. The Hall–Kier alpha value is -3.53. The first-order valence-electron chi connectivity index (χ1n) is 11.8. The minimum absolute atomic E-state index is 0.0152. The van der Waals surface area contributed by atoms with Crippen molar-refractivity contribution in [3.8, 4) is 17.0 Å². The molecule has 0 saturated carbocycles. The van der Waals surface area contributed by atoms with Crippen molar-refractivity contribution < 1.29 is 27.5 Å². The van der Waals surface area contributed by atoms with E-state index in [1.54, 1.807) is 18.7 Å². The van der Waals surface area contributed by atoms with Gasteiger partial charge in [-0.25, -0.2) is 13.2 Å². The average molecular weight is 533 g/mol. The van der Waals surface area contributed by atoms with Gasteiger partial charge in [-0.2, -0.15) is 5.10 Å². The van der Waals surface area contributed by atoms with Crippen molar-refractivity contribution in [2.45, 2.75) is 25.8 Å². The zero-order valence-electron chi connectivity index (χ0n) is 20.2. The van der Waals surface area contributed by atoms with Crippen LogP contribution in [0.3, 0.4) is 0 Å². The van der Waals surface area contributed by atoms with Crippen LogP contribution in [0, 0.1) is 23.4 Å². The van der Waals surface area contributed by atoms with Gasteiger partial charge in [0.1, 0.15) is 23.2 Å². The lowest BCUT2D eigenvalue weighted by molar-refractivity contribution is -0.119. The molecule has 11 heteroatoms. The van der Waals surface area contributed by atoms with E-state index in [0.717, 1.165) is 23.8 Å². The normalized spacial score (nSPS) is 19.1. The molecule has 0 radical (unpaired) electrons. The predicted molar refractivity (Wildman–Crippen MR) is 130 cm³/mol. The molecule has 2 amide bonds. The van der Waals surface area contributed by atoms with Crippen molar-refractivity contribution in [2.75, 3.05) is 19.7 Å². The number of benzene rings is 2. The Balaban J connectivity index is 1.41. The van der Waals surface area contributed by atoms with Crippen LogP contribution in [0.1, 0.15) is 41.0 Å². The van der Waals surface area contributed by atoms with Crippen molar-refractivity contribution in [1.82, 2.24) is 20.0 Å². The second kappa shape index (κ2) is 9.74. The average Bonchev–Trinajstić information content (AvgIpc) is 3.41. The topological polar surface area (TPSA) is 76.5 Å². The van der Waals surface area contributed by atoms with E-state index in [-0.39, 0.29) is 41.3 Å². The number of carbonyl (C=O) groups is 2. The quantitative estimate of drug-likeness (QED) is 0.527. The largest absolute Gasteiger partial charge is 0.492 e. The Morgan fingerprint density at radius 3 is 2.54 bits per heavy atom. The number of hydrogen-bond donors (Lipinski definition) is 1. The monoisotopic (exact) mass is 532 g/mol. The van der Waals surface area contributed by atoms with Gasteiger partial charge < -0.3 is 15.0 Å². The third kappa shape index (κ3) is 4.77. The second-order valence-electron chi connectivity index (χ2n) is 9.37. The van der Waals surface area contributed by atoms with Crippen LogP contribution in [0.4, 0.5) is 13.2 Å². The Labute approximate surface area is 216 Å². The Morgan fingerprint density at radius 1 is 1.16 bits per heavy atom. The van der Waals surface area contributed by atoms with E-state index in [9.17, 15) is 22.8 Å². The van der Waals surface area contributed by atoms with Gasteiger partial charge in [-0.15, -0.1) is 0 Å². The fourth-order valence-electron chi connectivity index (χ4n) is 5.04. The number of nitrogens with zero attached hydrogens (tertiary/aromatic N) is 3. The van der Waals surface area contributed by atoms with Crippen molar-refractivity contribution in [1.29, 1.82) is 0 Å². The van der Waals surface area contributed by atoms with Crippen LogP contribution in [-0.4, -0.2) is 46.2 Å². The summed E-state index contributed by atoms with van der Waals surface area (Å²) < 4.78 is 49.5. The standard InChI is InChI=1S/C26H24ClF3N4O3/c1-13-24-19(25(33(2)32-24)15-6-16(28)8-17(29)7-15)3-4-34(13)26(36)20-9-18(30)10-21(23(20)27)37-12-14-5-22(35)31-11-14/h6-10,13-14H,3-5,11-12H2,1-2H3,(H,31,35)/t13-,14+/m1/s1. The zero-order valence-corrected chi connectivity index (χ0v) is 20.9. The van der Waals surface area contributed by atoms with Gasteiger partial charge in [0.25, 0.3) is 5.91 Å². The summed E-state index contributed by atoms with van der Waals surface area (Å²) in [5.41, 5.74) is 2.26. The van der Waals surface area contributed by atoms with E-state index < -0.39 is 29.4 Å². The number of aryl methyl sites for hydroxylation is 1. The van der Waals surface area contributed by atoms with E-state index in [0.29, 0.717) is 36.3 Å². The molecule has 3 aromatic rings. The Morgan fingerprint density at radius 2 is 1.86 bits per heavy atom. The van der Waals surface area contributed by atoms with E-state index in [1.807, 2.05) is 0 Å². The number of ether oxygens (including phenoxy) is 1. The first-order valence-corrected chi connectivity index (χ1v) is 12.2. The molecule has 194 valence electrons. The summed E-state index contributed by atoms with van der Waals surface area (Å²) in [7, 11) is 1.68. The van der Waals surface area contributed by atoms with E-state index >= 15 is 0 Å². The molecule has 3 heterocycles. The summed E-state index contributed by atoms with van der Waals surface area (Å²) in [5, 5.41) is 7.24. The smallest absolute Gasteiger partial charge is 0.256 e. The van der Waals surface area contributed by atoms with Crippen LogP contribution in [-0.2, 0) is 18.3 Å². The molecule has 0 bridgehead atoms. The van der Waals surface area contributed by atoms with Crippen molar-refractivity contribution in [3.05, 3.63) is 69.6 Å². The molecule has 2 atom stereocenters. The SMILES string of the molecule is C[C@@H]1c2nn(C)c(-c3cc(F)cc(F)c3)c2CCN1C(=O)c1cc(F)cc(OC[C@@H]2CNC(=O)C2)c1Cl. The molecule has 1 aromatic heterocycles. The molecule has 1 N–H and O–H groups in total. The number of amides is 2. The van der Waals surface area contributed by atoms with Gasteiger partial charge in [0.15, 0.2) is 0 Å². The number of hydrogen-bond acceptors (Lipinski definition) is 4. The maximum absolute atomic E-state index is 14.5. The third-order valence-corrected chi connectivity index (χ3v) is 7.20. The lowest BCUT2D eigenvalue weighted by Gasteiger charge is -2.33. The number of halogens is 4. The minimum atomic E-state index is -0.694. The summed E-state index contributed by atoms with van der Waals surface area (Å²) in [5.74, 6) is -2.68. The molecular formula is C26H24ClF3N4O3. The van der Waals surface area contributed by atoms with Crippen LogP contribution in [0.5, 0.6) is 5.75 Å². The zero-order chi connectivity index (χ0) is 26.4. The molecule has 37 heavy (non-hydrogen) atoms. The highest BCUT2D eigenvalue weighted by molar-refractivity contribution is 6.35. The van der Waals surface area contributed by atoms with Crippen LogP contribution in [0.2, 0.25) is 5.02 Å². The highest BCUT2D eigenvalue weighted by atomic mass is 35.5. The van der Waals surface area contributed by atoms with Gasteiger partial charge in [-0.1, -0.05) is 11.6 Å². The van der Waals surface area contributed by atoms with Crippen LogP contribution >= 0.6 is 11.6 Å². The highest BCUT2D eigenvalue weighted by Gasteiger charge is 2.35. The summed E-state index contributed by atoms with van der Waals surface area (Å²) in [6.07, 6.45) is 0.687. The Bertz CT molecular complexity index is 1390. The van der Waals surface area contributed by atoms with Gasteiger partial charge in [0.2, 0.25) is 5.91 Å². The molecule has 7 nitrogen and oxygen atoms in total. The second-order valence-corrected chi connectivity index (χ2v) is 9.75. The molecule has 2 aliphatic heterocycles. The van der Waals surface area contributed by atoms with Crippen molar-refractivity contribution >= 4 is 23.4 Å². The summed E-state index contributed by atoms with van der Waals surface area (Å²) in [6.45, 7) is 2.66. The maximum Gasteiger partial charge on any atom is 0.256 e. The molecule has 0 unspecified atom stereocenters. The molecule has 0 spiro atoms. The minimum Gasteiger partial charge on any atom is -0.492 e. The number of aromatic nitrogens is 2. The van der Waals surface area contributed by atoms with Crippen LogP contribution in [0.15, 0.2) is 30.3 Å². The van der Waals surface area contributed by atoms with E-state index in [4.69, 9.17) is 16.3 Å². The molecule has 2 aliphatic rings. The molecule has 1 saturated heterocycles. The van der Waals surface area contributed by atoms with Gasteiger partial charge in [-0.3, -0.25) is 14.3 Å². The molecular weight excluding hydrogens is 509 g/mol. The van der Waals surface area contributed by atoms with Crippen LogP contribution in [0.25, 0.3) is 11.3 Å². The Kier molecular flexibility index (Phi) is 6.61. The highest BCUT2D eigenvalue weighted by Crippen LogP contribution is 2.38. The fourth-order valence-corrected chi connectivity index (χ4v) is 5.29. The predicted octanol–water partition coefficient (Wildman–Crippen LogP) is 4.43. The van der Waals surface area contributed by atoms with Gasteiger partial charge >= 0.3 is 0 Å². The van der Waals surface area contributed by atoms with E-state index in [1.165, 1.54) is 17.0 Å². The number of nitrogens with one attached hydrogen (secondary N) is 1. The summed E-state index contributed by atoms with van der Waals surface area (Å²) in [6, 6.07) is 4.97. The lowest BCUT2D eigenvalue weighted by Crippen LogP contribution is -2.39. The lowest BCUT2D eigenvalue weighted by atomic mass is 9.95. The van der Waals surface area contributed by atoms with Gasteiger partial charge in [0.05, 0.1) is 34.6 Å². The number of carbonyl (C=O) groups excluding carboxylic acids is 2. The molecule has 2 aromatic carbocycles. The van der Waals surface area contributed by atoms with E-state index in [2.05, 4.69) is 10.4 Å². The summed E-state index contributed by atoms with van der Waals surface area (Å²) >= 11 is 6.48. The van der Waals surface area contributed by atoms with Gasteiger partial charge in [-0.05, 0) is 31.5 Å². The van der Waals surface area contributed by atoms with Crippen molar-refractivity contribution in [2.24, 2.45) is 13.0 Å². The number of fused-ring (bicyclic) bond motifs is 1. The molecule has 5 rings (SSSR count). The summed E-state index contributed by atoms with van der Waals surface area (Å²) in [4.78, 5) is 26.5. The maximum atomic E-state index is 14.5. The first kappa shape index (κ1) is 25.1. The van der Waals surface area contributed by atoms with Gasteiger partial charge in [0, 0.05) is 55.7 Å². The fraction of sp³-hybridized carbons (Fsp3) is 0.346. The molecule has 0 aliphatic carbocycles. The molecule has 1 fully saturated rings. The van der Waals surface area contributed by atoms with Crippen LogP contribution < -0.4 is 10.1 Å².